The van der Waals surface area contributed by atoms with Crippen molar-refractivity contribution < 1.29 is 18.3 Å². The van der Waals surface area contributed by atoms with Crippen LogP contribution in [0.25, 0.3) is 10.9 Å². The maximum Gasteiger partial charge on any atom is 0.433 e. The zero-order chi connectivity index (χ0) is 13.9. The molecule has 2 aromatic heterocycles. The molecular formula is C11H14F3N3O. The first-order valence-corrected chi connectivity index (χ1v) is 5.46. The molecule has 7 heteroatoms. The maximum atomic E-state index is 12.5. The lowest BCUT2D eigenvalue weighted by molar-refractivity contribution is -0.141. The van der Waals surface area contributed by atoms with Gasteiger partial charge in [-0.05, 0) is 13.0 Å². The minimum atomic E-state index is -4.53. The van der Waals surface area contributed by atoms with Crippen LogP contribution in [0.3, 0.4) is 0 Å². The zero-order valence-corrected chi connectivity index (χ0v) is 10.3. The summed E-state index contributed by atoms with van der Waals surface area (Å²) in [7, 11) is 0. The second kappa shape index (κ2) is 5.34. The van der Waals surface area contributed by atoms with Crippen molar-refractivity contribution in [1.29, 1.82) is 0 Å². The van der Waals surface area contributed by atoms with Crippen LogP contribution in [-0.4, -0.2) is 20.3 Å². The topological polar surface area (TPSA) is 61.8 Å². The number of H-pyrrole nitrogens is 1. The van der Waals surface area contributed by atoms with Gasteiger partial charge in [0.25, 0.3) is 0 Å². The van der Waals surface area contributed by atoms with Crippen molar-refractivity contribution in [3.63, 3.8) is 0 Å². The van der Waals surface area contributed by atoms with Gasteiger partial charge in [-0.2, -0.15) is 18.3 Å². The molecule has 4 nitrogen and oxygen atoms in total. The van der Waals surface area contributed by atoms with E-state index in [2.05, 4.69) is 15.2 Å². The number of aliphatic hydroxyl groups is 1. The standard InChI is InChI=1S/C9H8F3N3O.C2H6/c1-4-5-2-7(9(10,11)12)13-6(3-16)8(5)15-14-4;1-2/h2,16H,3H2,1H3,(H,14,15);1-2H3. The van der Waals surface area contributed by atoms with Gasteiger partial charge in [-0.1, -0.05) is 13.8 Å². The summed E-state index contributed by atoms with van der Waals surface area (Å²) in [4.78, 5) is 3.35. The largest absolute Gasteiger partial charge is 0.433 e. The van der Waals surface area contributed by atoms with Crippen molar-refractivity contribution >= 4 is 10.9 Å². The molecule has 0 fully saturated rings. The average Bonchev–Trinajstić information content (AvgIpc) is 2.72. The van der Waals surface area contributed by atoms with E-state index in [0.29, 0.717) is 11.1 Å². The van der Waals surface area contributed by atoms with E-state index in [1.807, 2.05) is 13.8 Å². The number of alkyl halides is 3. The van der Waals surface area contributed by atoms with Gasteiger partial charge in [0.15, 0.2) is 0 Å². The fourth-order valence-corrected chi connectivity index (χ4v) is 1.46. The van der Waals surface area contributed by atoms with Crippen LogP contribution in [0.5, 0.6) is 0 Å². The van der Waals surface area contributed by atoms with Gasteiger partial charge >= 0.3 is 6.18 Å². The Balaban J connectivity index is 0.000000771. The van der Waals surface area contributed by atoms with E-state index >= 15 is 0 Å². The van der Waals surface area contributed by atoms with Crippen molar-refractivity contribution in [2.75, 3.05) is 0 Å². The average molecular weight is 261 g/mol. The highest BCUT2D eigenvalue weighted by Crippen LogP contribution is 2.31. The second-order valence-electron chi connectivity index (χ2n) is 3.35. The molecule has 0 aromatic carbocycles. The number of aromatic nitrogens is 3. The van der Waals surface area contributed by atoms with Crippen LogP contribution in [0.1, 0.15) is 30.9 Å². The van der Waals surface area contributed by atoms with Crippen molar-refractivity contribution in [2.24, 2.45) is 0 Å². The monoisotopic (exact) mass is 261 g/mol. The van der Waals surface area contributed by atoms with E-state index in [1.54, 1.807) is 6.92 Å². The molecule has 0 amide bonds. The Morgan fingerprint density at radius 3 is 2.44 bits per heavy atom. The number of rotatable bonds is 1. The molecule has 0 saturated carbocycles. The molecule has 0 spiro atoms. The van der Waals surface area contributed by atoms with Gasteiger partial charge < -0.3 is 5.11 Å². The smallest absolute Gasteiger partial charge is 0.390 e. The van der Waals surface area contributed by atoms with Crippen LogP contribution >= 0.6 is 0 Å². The summed E-state index contributed by atoms with van der Waals surface area (Å²) in [6, 6.07) is 0.924. The summed E-state index contributed by atoms with van der Waals surface area (Å²) in [5.74, 6) is 0. The number of fused-ring (bicyclic) bond motifs is 1. The number of hydrogen-bond acceptors (Lipinski definition) is 3. The molecule has 0 radical (unpaired) electrons. The van der Waals surface area contributed by atoms with Crippen LogP contribution < -0.4 is 0 Å². The van der Waals surface area contributed by atoms with Crippen LogP contribution in [-0.2, 0) is 12.8 Å². The van der Waals surface area contributed by atoms with Gasteiger partial charge in [0.05, 0.1) is 12.3 Å². The van der Waals surface area contributed by atoms with Gasteiger partial charge in [0.2, 0.25) is 0 Å². The molecule has 18 heavy (non-hydrogen) atoms. The summed E-state index contributed by atoms with van der Waals surface area (Å²) in [5, 5.41) is 15.6. The minimum absolute atomic E-state index is 0.0748. The SMILES string of the molecule is CC.Cc1[nH]nc2c(CO)nc(C(F)(F)F)cc12. The first-order valence-electron chi connectivity index (χ1n) is 5.46. The van der Waals surface area contributed by atoms with E-state index in [1.165, 1.54) is 0 Å². The summed E-state index contributed by atoms with van der Waals surface area (Å²) >= 11 is 0. The number of aliphatic hydroxyl groups excluding tert-OH is 1. The van der Waals surface area contributed by atoms with Crippen molar-refractivity contribution in [1.82, 2.24) is 15.2 Å². The van der Waals surface area contributed by atoms with Crippen LogP contribution in [0.15, 0.2) is 6.07 Å². The summed E-state index contributed by atoms with van der Waals surface area (Å²) in [6.45, 7) is 5.03. The zero-order valence-electron chi connectivity index (χ0n) is 10.3. The lowest BCUT2D eigenvalue weighted by Crippen LogP contribution is -2.09. The summed E-state index contributed by atoms with van der Waals surface area (Å²) in [5.41, 5.74) is -0.312. The van der Waals surface area contributed by atoms with Crippen LogP contribution in [0, 0.1) is 6.92 Å². The van der Waals surface area contributed by atoms with Crippen LogP contribution in [0.4, 0.5) is 13.2 Å². The number of aromatic amines is 1. The third kappa shape index (κ3) is 2.61. The predicted molar refractivity (Wildman–Crippen MR) is 60.9 cm³/mol. The van der Waals surface area contributed by atoms with E-state index < -0.39 is 18.5 Å². The van der Waals surface area contributed by atoms with Crippen LogP contribution in [0.2, 0.25) is 0 Å². The second-order valence-corrected chi connectivity index (χ2v) is 3.35. The molecule has 0 saturated heterocycles. The molecule has 0 aliphatic heterocycles. The summed E-state index contributed by atoms with van der Waals surface area (Å²) in [6.07, 6.45) is -4.53. The molecule has 0 aliphatic rings. The summed E-state index contributed by atoms with van der Waals surface area (Å²) < 4.78 is 37.5. The molecule has 2 aromatic rings. The Hall–Kier alpha value is -1.63. The highest BCUT2D eigenvalue weighted by Gasteiger charge is 2.33. The molecular weight excluding hydrogens is 247 g/mol. The molecule has 2 N–H and O–H groups in total. The number of pyridine rings is 1. The number of aryl methyl sites for hydroxylation is 1. The Morgan fingerprint density at radius 1 is 1.33 bits per heavy atom. The van der Waals surface area contributed by atoms with Gasteiger partial charge in [-0.3, -0.25) is 5.10 Å². The number of nitrogens with zero attached hydrogens (tertiary/aromatic N) is 2. The first-order chi connectivity index (χ1) is 8.43. The lowest BCUT2D eigenvalue weighted by Gasteiger charge is -2.07. The molecule has 0 bridgehead atoms. The molecule has 2 rings (SSSR count). The van der Waals surface area contributed by atoms with E-state index in [4.69, 9.17) is 5.11 Å². The Bertz CT molecular complexity index is 534. The Morgan fingerprint density at radius 2 is 1.94 bits per heavy atom. The quantitative estimate of drug-likeness (QED) is 0.829. The van der Waals surface area contributed by atoms with Crippen molar-refractivity contribution in [2.45, 2.75) is 33.6 Å². The highest BCUT2D eigenvalue weighted by molar-refractivity contribution is 5.83. The Labute approximate surface area is 102 Å². The number of nitrogens with one attached hydrogen (secondary N) is 1. The van der Waals surface area contributed by atoms with Gasteiger partial charge in [-0.25, -0.2) is 4.98 Å². The Kier molecular flexibility index (Phi) is 4.28. The highest BCUT2D eigenvalue weighted by atomic mass is 19.4. The number of hydrogen-bond donors (Lipinski definition) is 2. The fraction of sp³-hybridized carbons (Fsp3) is 0.455. The minimum Gasteiger partial charge on any atom is -0.390 e. The first kappa shape index (κ1) is 14.4. The van der Waals surface area contributed by atoms with E-state index in [-0.39, 0.29) is 11.2 Å². The molecule has 0 aliphatic carbocycles. The van der Waals surface area contributed by atoms with Gasteiger partial charge in [0.1, 0.15) is 11.2 Å². The molecule has 2 heterocycles. The van der Waals surface area contributed by atoms with Crippen molar-refractivity contribution in [3.05, 3.63) is 23.1 Å². The van der Waals surface area contributed by atoms with Crippen molar-refractivity contribution in [3.8, 4) is 0 Å². The van der Waals surface area contributed by atoms with E-state index in [0.717, 1.165) is 6.07 Å². The fourth-order valence-electron chi connectivity index (χ4n) is 1.46. The lowest BCUT2D eigenvalue weighted by atomic mass is 10.2. The normalized spacial score (nSPS) is 11.3. The third-order valence-corrected chi connectivity index (χ3v) is 2.24. The molecule has 100 valence electrons. The van der Waals surface area contributed by atoms with E-state index in [9.17, 15) is 13.2 Å². The maximum absolute atomic E-state index is 12.5. The van der Waals surface area contributed by atoms with Gasteiger partial charge in [-0.15, -0.1) is 0 Å². The predicted octanol–water partition coefficient (Wildman–Crippen LogP) is 2.80. The molecule has 0 unspecified atom stereocenters. The van der Waals surface area contributed by atoms with Gasteiger partial charge in [0, 0.05) is 11.1 Å². The third-order valence-electron chi connectivity index (χ3n) is 2.24. The molecule has 0 atom stereocenters. The number of halogens is 3.